The van der Waals surface area contributed by atoms with E-state index in [1.807, 2.05) is 85.8 Å². The number of carbonyl (C=O) groups is 1. The number of fused-ring (bicyclic) bond motifs is 4. The number of furan rings is 1. The Kier molecular flexibility index (Phi) is 6.59. The predicted molar refractivity (Wildman–Crippen MR) is 158 cm³/mol. The Hall–Kier alpha value is -4.49. The van der Waals surface area contributed by atoms with E-state index in [-0.39, 0.29) is 5.91 Å². The molecule has 6 aromatic rings. The molecule has 39 heavy (non-hydrogen) atoms. The molecule has 0 aliphatic carbocycles. The molecule has 0 aliphatic heterocycles. The topological polar surface area (TPSA) is 73.6 Å². The monoisotopic (exact) mass is 534 g/mol. The van der Waals surface area contributed by atoms with Crippen LogP contribution in [0.15, 0.2) is 100 Å². The van der Waals surface area contributed by atoms with E-state index in [2.05, 4.69) is 17.4 Å². The second-order valence-corrected chi connectivity index (χ2v) is 10.5. The molecule has 4 aromatic carbocycles. The van der Waals surface area contributed by atoms with Gasteiger partial charge in [-0.1, -0.05) is 60.3 Å². The first-order valence-corrected chi connectivity index (χ1v) is 13.4. The average molecular weight is 535 g/mol. The highest BCUT2D eigenvalue weighted by atomic mass is 32.2. The maximum atomic E-state index is 13.3. The number of nitrogens with one attached hydrogen (secondary N) is 1. The Balaban J connectivity index is 1.31. The first kappa shape index (κ1) is 24.8. The predicted octanol–water partition coefficient (Wildman–Crippen LogP) is 7.94. The molecule has 0 saturated heterocycles. The van der Waals surface area contributed by atoms with Crippen LogP contribution in [0, 0.1) is 0 Å². The summed E-state index contributed by atoms with van der Waals surface area (Å²) >= 11 is 1.40. The van der Waals surface area contributed by atoms with Crippen molar-refractivity contribution in [3.63, 3.8) is 0 Å². The van der Waals surface area contributed by atoms with Crippen LogP contribution in [-0.2, 0) is 4.79 Å². The van der Waals surface area contributed by atoms with E-state index in [1.54, 1.807) is 14.2 Å². The van der Waals surface area contributed by atoms with Crippen molar-refractivity contribution < 1.29 is 18.7 Å². The highest BCUT2D eigenvalue weighted by Gasteiger charge is 2.20. The first-order valence-electron chi connectivity index (χ1n) is 12.5. The van der Waals surface area contributed by atoms with E-state index in [0.29, 0.717) is 17.0 Å². The van der Waals surface area contributed by atoms with Crippen molar-refractivity contribution in [2.45, 2.75) is 17.2 Å². The van der Waals surface area contributed by atoms with Crippen LogP contribution in [0.5, 0.6) is 11.5 Å². The van der Waals surface area contributed by atoms with Gasteiger partial charge in [0.25, 0.3) is 0 Å². The van der Waals surface area contributed by atoms with E-state index >= 15 is 0 Å². The number of nitrogens with zero attached hydrogens (tertiary/aromatic N) is 1. The number of pyridine rings is 1. The van der Waals surface area contributed by atoms with Crippen LogP contribution in [0.4, 0.5) is 5.69 Å². The number of carbonyl (C=O) groups excluding carboxylic acids is 1. The maximum absolute atomic E-state index is 13.3. The molecule has 0 unspecified atom stereocenters. The van der Waals surface area contributed by atoms with Crippen molar-refractivity contribution in [1.82, 2.24) is 4.98 Å². The summed E-state index contributed by atoms with van der Waals surface area (Å²) in [5.41, 5.74) is 4.97. The van der Waals surface area contributed by atoms with Crippen LogP contribution in [-0.4, -0.2) is 30.4 Å². The lowest BCUT2D eigenvalue weighted by molar-refractivity contribution is -0.115. The largest absolute Gasteiger partial charge is 0.497 e. The van der Waals surface area contributed by atoms with Crippen LogP contribution in [0.3, 0.4) is 0 Å². The smallest absolute Gasteiger partial charge is 0.237 e. The summed E-state index contributed by atoms with van der Waals surface area (Å²) in [6, 6.07) is 29.6. The van der Waals surface area contributed by atoms with E-state index in [0.717, 1.165) is 49.2 Å². The molecule has 0 fully saturated rings. The van der Waals surface area contributed by atoms with Crippen molar-refractivity contribution in [1.29, 1.82) is 0 Å². The molecule has 0 spiro atoms. The minimum Gasteiger partial charge on any atom is -0.497 e. The number of methoxy groups -OCH3 is 2. The summed E-state index contributed by atoms with van der Waals surface area (Å²) in [6.45, 7) is 1.87. The van der Waals surface area contributed by atoms with Crippen LogP contribution in [0.25, 0.3) is 44.0 Å². The molecule has 2 aromatic heterocycles. The number of anilines is 1. The molecule has 0 saturated carbocycles. The van der Waals surface area contributed by atoms with Gasteiger partial charge in [0.1, 0.15) is 22.7 Å². The van der Waals surface area contributed by atoms with Crippen LogP contribution >= 0.6 is 11.8 Å². The van der Waals surface area contributed by atoms with Gasteiger partial charge in [-0.05, 0) is 48.4 Å². The third kappa shape index (κ3) is 4.77. The van der Waals surface area contributed by atoms with Crippen molar-refractivity contribution in [3.8, 4) is 22.6 Å². The fourth-order valence-corrected chi connectivity index (χ4v) is 5.58. The summed E-state index contributed by atoms with van der Waals surface area (Å²) in [5, 5.41) is 6.30. The number of rotatable bonds is 7. The zero-order valence-electron chi connectivity index (χ0n) is 21.7. The molecule has 0 radical (unpaired) electrons. The molecule has 7 heteroatoms. The zero-order chi connectivity index (χ0) is 26.9. The Morgan fingerprint density at radius 2 is 1.64 bits per heavy atom. The standard InChI is InChI=1S/C32H26N2O4S/c1-19(32(35)34-27-18-29-25(16-30(27)37-3)23-11-7-8-12-28(23)38-29)39-31-17-24(20-9-5-4-6-10-20)22-14-13-21(36-2)15-26(22)33-31/h4-19H,1-3H3,(H,34,35)/t19-/m0/s1. The summed E-state index contributed by atoms with van der Waals surface area (Å²) in [5.74, 6) is 1.14. The molecule has 194 valence electrons. The molecule has 1 atom stereocenters. The lowest BCUT2D eigenvalue weighted by atomic mass is 10.0. The Labute approximate surface area is 229 Å². The summed E-state index contributed by atoms with van der Waals surface area (Å²) < 4.78 is 17.1. The van der Waals surface area contributed by atoms with Gasteiger partial charge in [-0.15, -0.1) is 0 Å². The van der Waals surface area contributed by atoms with Gasteiger partial charge in [-0.3, -0.25) is 4.79 Å². The quantitative estimate of drug-likeness (QED) is 0.210. The molecule has 2 heterocycles. The minimum absolute atomic E-state index is 0.164. The van der Waals surface area contributed by atoms with Gasteiger partial charge < -0.3 is 19.2 Å². The van der Waals surface area contributed by atoms with Crippen molar-refractivity contribution >= 4 is 56.2 Å². The van der Waals surface area contributed by atoms with Crippen molar-refractivity contribution in [3.05, 3.63) is 91.0 Å². The summed E-state index contributed by atoms with van der Waals surface area (Å²) in [4.78, 5) is 18.2. The van der Waals surface area contributed by atoms with Crippen LogP contribution in [0.2, 0.25) is 0 Å². The fourth-order valence-electron chi connectivity index (χ4n) is 4.71. The van der Waals surface area contributed by atoms with Crippen LogP contribution in [0.1, 0.15) is 6.92 Å². The molecule has 6 rings (SSSR count). The van der Waals surface area contributed by atoms with E-state index in [1.165, 1.54) is 11.8 Å². The molecular formula is C32H26N2O4S. The van der Waals surface area contributed by atoms with Gasteiger partial charge >= 0.3 is 0 Å². The second kappa shape index (κ2) is 10.3. The average Bonchev–Trinajstić information content (AvgIpc) is 3.33. The maximum Gasteiger partial charge on any atom is 0.237 e. The number of thioether (sulfide) groups is 1. The van der Waals surface area contributed by atoms with E-state index in [4.69, 9.17) is 18.9 Å². The summed E-state index contributed by atoms with van der Waals surface area (Å²) in [7, 11) is 3.23. The van der Waals surface area contributed by atoms with E-state index in [9.17, 15) is 4.79 Å². The zero-order valence-corrected chi connectivity index (χ0v) is 22.5. The number of hydrogen-bond acceptors (Lipinski definition) is 6. The van der Waals surface area contributed by atoms with Gasteiger partial charge in [0.15, 0.2) is 0 Å². The fraction of sp³-hybridized carbons (Fsp3) is 0.125. The van der Waals surface area contributed by atoms with Crippen molar-refractivity contribution in [2.24, 2.45) is 0 Å². The number of amides is 1. The lowest BCUT2D eigenvalue weighted by Gasteiger charge is -2.15. The highest BCUT2D eigenvalue weighted by Crippen LogP contribution is 2.38. The second-order valence-electron chi connectivity index (χ2n) is 9.15. The molecule has 6 nitrogen and oxygen atoms in total. The van der Waals surface area contributed by atoms with Crippen LogP contribution < -0.4 is 14.8 Å². The third-order valence-corrected chi connectivity index (χ3v) is 7.72. The molecule has 0 bridgehead atoms. The number of ether oxygens (including phenoxy) is 2. The van der Waals surface area contributed by atoms with Gasteiger partial charge in [0, 0.05) is 28.3 Å². The SMILES string of the molecule is COc1ccc2c(-c3ccccc3)cc(S[C@@H](C)C(=O)Nc3cc4oc5ccccc5c4cc3OC)nc2c1. The third-order valence-electron chi connectivity index (χ3n) is 6.70. The Morgan fingerprint density at radius 3 is 2.44 bits per heavy atom. The van der Waals surface area contributed by atoms with Gasteiger partial charge in [-0.25, -0.2) is 4.98 Å². The molecular weight excluding hydrogens is 508 g/mol. The first-order chi connectivity index (χ1) is 19.0. The van der Waals surface area contributed by atoms with Crippen molar-refractivity contribution in [2.75, 3.05) is 19.5 Å². The minimum atomic E-state index is -0.430. The van der Waals surface area contributed by atoms with Gasteiger partial charge in [0.05, 0.1) is 35.7 Å². The number of para-hydroxylation sites is 1. The number of hydrogen-bond donors (Lipinski definition) is 1. The number of benzene rings is 4. The number of aromatic nitrogens is 1. The molecule has 1 N–H and O–H groups in total. The van der Waals surface area contributed by atoms with Gasteiger partial charge in [0.2, 0.25) is 5.91 Å². The normalized spacial score (nSPS) is 12.1. The molecule has 0 aliphatic rings. The molecule has 1 amide bonds. The summed E-state index contributed by atoms with van der Waals surface area (Å²) in [6.07, 6.45) is 0. The highest BCUT2D eigenvalue weighted by molar-refractivity contribution is 8.00. The van der Waals surface area contributed by atoms with E-state index < -0.39 is 5.25 Å². The van der Waals surface area contributed by atoms with Gasteiger partial charge in [-0.2, -0.15) is 0 Å². The Morgan fingerprint density at radius 1 is 0.846 bits per heavy atom. The lowest BCUT2D eigenvalue weighted by Crippen LogP contribution is -2.22. The Bertz CT molecular complexity index is 1830.